The molecule has 0 aliphatic carbocycles. The molecule has 0 aliphatic heterocycles. The van der Waals surface area contributed by atoms with Crippen LogP contribution in [0.25, 0.3) is 0 Å². The molecule has 1 aromatic rings. The Morgan fingerprint density at radius 1 is 1.35 bits per heavy atom. The van der Waals surface area contributed by atoms with E-state index in [1.807, 2.05) is 14.1 Å². The number of sulfonamides is 1. The van der Waals surface area contributed by atoms with Crippen LogP contribution in [-0.2, 0) is 10.0 Å². The maximum Gasteiger partial charge on any atom is 0.289 e. The van der Waals surface area contributed by atoms with Crippen LogP contribution >= 0.6 is 9.39 Å². The van der Waals surface area contributed by atoms with E-state index < -0.39 is 20.6 Å². The molecular weight excluding hydrogens is 264 g/mol. The number of hydrogen-bond acceptors (Lipinski definition) is 5. The van der Waals surface area contributed by atoms with E-state index in [9.17, 15) is 18.5 Å². The highest BCUT2D eigenvalue weighted by atomic mass is 32.2. The number of para-hydroxylation sites is 1. The molecule has 0 bridgehead atoms. The lowest BCUT2D eigenvalue weighted by Gasteiger charge is -2.02. The molecule has 0 saturated carbocycles. The monoisotopic (exact) mass is 276 g/mol. The maximum atomic E-state index is 11.3. The van der Waals surface area contributed by atoms with Gasteiger partial charge in [-0.25, -0.2) is 13.1 Å². The summed E-state index contributed by atoms with van der Waals surface area (Å²) in [5.41, 5.74) is 3.99. The van der Waals surface area contributed by atoms with E-state index in [0.29, 0.717) is 0 Å². The first-order valence-corrected chi connectivity index (χ1v) is 6.14. The van der Waals surface area contributed by atoms with Gasteiger partial charge in [0.1, 0.15) is 0 Å². The van der Waals surface area contributed by atoms with Gasteiger partial charge in [0.05, 0.1) is 4.92 Å². The van der Waals surface area contributed by atoms with Crippen molar-refractivity contribution in [3.8, 4) is 0 Å². The summed E-state index contributed by atoms with van der Waals surface area (Å²) in [4.78, 5) is 9.44. The van der Waals surface area contributed by atoms with Crippen LogP contribution in [-0.4, -0.2) is 28.8 Å². The number of hydrogen-bond donors (Lipinski definition) is 2. The third-order valence-corrected chi connectivity index (χ3v) is 3.08. The molecule has 1 aromatic carbocycles. The molecule has 1 unspecified atom stereocenters. The molecule has 0 fully saturated rings. The Morgan fingerprint density at radius 2 is 1.82 bits per heavy atom. The van der Waals surface area contributed by atoms with Crippen LogP contribution in [0.2, 0.25) is 0 Å². The molecule has 93 valence electrons. The van der Waals surface area contributed by atoms with Gasteiger partial charge in [-0.15, -0.1) is 0 Å². The molecule has 17 heavy (non-hydrogen) atoms. The van der Waals surface area contributed by atoms with Gasteiger partial charge in [0.25, 0.3) is 5.69 Å². The minimum atomic E-state index is -3.77. The standard InChI is InChI=1S/C7H8N2O4S.B.H4NP/c1-8-14(12,13)7-5-3-2-4-6(7)9(10)11;;1-2/h2-5,8H,1H3;;1-2H2. The molecule has 10 heteroatoms. The molecule has 0 heterocycles. The number of nitrogens with one attached hydrogen (secondary N) is 1. The summed E-state index contributed by atoms with van der Waals surface area (Å²) >= 11 is 0. The minimum absolute atomic E-state index is 0. The average molecular weight is 276 g/mol. The van der Waals surface area contributed by atoms with Gasteiger partial charge in [-0.1, -0.05) is 21.5 Å². The summed E-state index contributed by atoms with van der Waals surface area (Å²) in [5.74, 6) is 0. The smallest absolute Gasteiger partial charge is 0.289 e. The zero-order valence-corrected chi connectivity index (χ0v) is 11.0. The molecule has 3 radical (unpaired) electrons. The fourth-order valence-electron chi connectivity index (χ4n) is 0.945. The molecule has 0 amide bonds. The van der Waals surface area contributed by atoms with Gasteiger partial charge < -0.3 is 5.50 Å². The second kappa shape index (κ2) is 8.13. The van der Waals surface area contributed by atoms with Crippen LogP contribution in [0.3, 0.4) is 0 Å². The average Bonchev–Trinajstić information content (AvgIpc) is 2.31. The molecule has 3 N–H and O–H groups in total. The van der Waals surface area contributed by atoms with Gasteiger partial charge in [0, 0.05) is 14.5 Å². The van der Waals surface area contributed by atoms with E-state index in [0.717, 1.165) is 6.07 Å². The predicted octanol–water partition coefficient (Wildman–Crippen LogP) is -0.143. The van der Waals surface area contributed by atoms with Gasteiger partial charge in [0.15, 0.2) is 4.90 Å². The Bertz CT molecular complexity index is 468. The van der Waals surface area contributed by atoms with E-state index in [2.05, 4.69) is 5.50 Å². The van der Waals surface area contributed by atoms with Gasteiger partial charge >= 0.3 is 0 Å². The molecule has 0 aromatic heterocycles. The lowest BCUT2D eigenvalue weighted by atomic mass is 10.3. The Hall–Kier alpha value is -1.02. The van der Waals surface area contributed by atoms with Crippen LogP contribution in [0.5, 0.6) is 0 Å². The van der Waals surface area contributed by atoms with Crippen LogP contribution in [0.1, 0.15) is 0 Å². The number of nitro groups is 1. The highest BCUT2D eigenvalue weighted by molar-refractivity contribution is 7.89. The Kier molecular flexibility index (Phi) is 8.78. The molecule has 0 saturated heterocycles. The number of benzene rings is 1. The van der Waals surface area contributed by atoms with E-state index >= 15 is 0 Å². The molecule has 1 rings (SSSR count). The van der Waals surface area contributed by atoms with E-state index in [1.54, 1.807) is 0 Å². The number of nitrogens with zero attached hydrogens (tertiary/aromatic N) is 1. The highest BCUT2D eigenvalue weighted by Gasteiger charge is 2.23. The lowest BCUT2D eigenvalue weighted by molar-refractivity contribution is -0.387. The van der Waals surface area contributed by atoms with Crippen molar-refractivity contribution < 1.29 is 13.3 Å². The summed E-state index contributed by atoms with van der Waals surface area (Å²) in [6.45, 7) is 0. The molecular formula is C7H12BN3O4PS. The normalized spacial score (nSPS) is 9.59. The minimum Gasteiger partial charge on any atom is -0.314 e. The SMILES string of the molecule is CNS(=O)(=O)c1ccccc1[N+](=O)[O-].NP.[B]. The fourth-order valence-corrected chi connectivity index (χ4v) is 1.84. The number of nitrogens with two attached hydrogens (primary N) is 1. The quantitative estimate of drug-likeness (QED) is 0.345. The Balaban J connectivity index is 0. The van der Waals surface area contributed by atoms with Crippen molar-refractivity contribution in [3.63, 3.8) is 0 Å². The number of nitro benzene ring substituents is 1. The lowest BCUT2D eigenvalue weighted by Crippen LogP contribution is -2.19. The largest absolute Gasteiger partial charge is 0.314 e. The van der Waals surface area contributed by atoms with Crippen LogP contribution < -0.4 is 10.2 Å². The third kappa shape index (κ3) is 4.78. The third-order valence-electron chi connectivity index (χ3n) is 1.62. The van der Waals surface area contributed by atoms with Crippen LogP contribution in [0.4, 0.5) is 5.69 Å². The maximum absolute atomic E-state index is 11.3. The zero-order valence-electron chi connectivity index (χ0n) is 9.03. The van der Waals surface area contributed by atoms with Crippen molar-refractivity contribution in [2.45, 2.75) is 4.90 Å². The fraction of sp³-hybridized carbons (Fsp3) is 0.143. The first kappa shape index (κ1) is 18.4. The summed E-state index contributed by atoms with van der Waals surface area (Å²) < 4.78 is 24.6. The van der Waals surface area contributed by atoms with Crippen molar-refractivity contribution in [1.29, 1.82) is 0 Å². The van der Waals surface area contributed by atoms with E-state index in [4.69, 9.17) is 0 Å². The van der Waals surface area contributed by atoms with Gasteiger partial charge in [-0.2, -0.15) is 0 Å². The Morgan fingerprint density at radius 3 is 2.24 bits per heavy atom. The first-order valence-electron chi connectivity index (χ1n) is 3.99. The zero-order chi connectivity index (χ0) is 12.8. The summed E-state index contributed by atoms with van der Waals surface area (Å²) in [6.07, 6.45) is 0. The van der Waals surface area contributed by atoms with Crippen LogP contribution in [0, 0.1) is 10.1 Å². The van der Waals surface area contributed by atoms with Crippen molar-refractivity contribution in [3.05, 3.63) is 34.4 Å². The van der Waals surface area contributed by atoms with Crippen molar-refractivity contribution >= 4 is 33.5 Å². The topological polar surface area (TPSA) is 115 Å². The number of rotatable bonds is 3. The van der Waals surface area contributed by atoms with Gasteiger partial charge in [0.2, 0.25) is 10.0 Å². The van der Waals surface area contributed by atoms with Gasteiger partial charge in [-0.05, 0) is 13.1 Å². The molecule has 7 nitrogen and oxygen atoms in total. The Labute approximate surface area is 104 Å². The summed E-state index contributed by atoms with van der Waals surface area (Å²) in [7, 11) is -0.648. The second-order valence-corrected chi connectivity index (χ2v) is 4.29. The molecule has 0 spiro atoms. The van der Waals surface area contributed by atoms with E-state index in [1.165, 1.54) is 25.2 Å². The van der Waals surface area contributed by atoms with Crippen LogP contribution in [0.15, 0.2) is 29.2 Å². The summed E-state index contributed by atoms with van der Waals surface area (Å²) in [6, 6.07) is 5.16. The predicted molar refractivity (Wildman–Crippen MR) is 69.0 cm³/mol. The summed E-state index contributed by atoms with van der Waals surface area (Å²) in [5, 5.41) is 10.5. The molecule has 1 atom stereocenters. The van der Waals surface area contributed by atoms with Gasteiger partial charge in [-0.3, -0.25) is 10.1 Å². The highest BCUT2D eigenvalue weighted by Crippen LogP contribution is 2.21. The van der Waals surface area contributed by atoms with Crippen molar-refractivity contribution in [2.24, 2.45) is 5.50 Å². The first-order chi connectivity index (χ1) is 7.49. The van der Waals surface area contributed by atoms with Crippen molar-refractivity contribution in [2.75, 3.05) is 7.05 Å². The molecule has 0 aliphatic rings. The second-order valence-electron chi connectivity index (χ2n) is 2.43. The van der Waals surface area contributed by atoms with Crippen molar-refractivity contribution in [1.82, 2.24) is 4.72 Å². The van der Waals surface area contributed by atoms with E-state index in [-0.39, 0.29) is 13.3 Å².